The first-order valence-electron chi connectivity index (χ1n) is 8.30. The third-order valence-electron chi connectivity index (χ3n) is 4.18. The number of benzene rings is 2. The number of aromatic nitrogens is 2. The predicted octanol–water partition coefficient (Wildman–Crippen LogP) is 5.06. The van der Waals surface area contributed by atoms with E-state index in [0.717, 1.165) is 28.3 Å². The molecule has 4 rings (SSSR count). The van der Waals surface area contributed by atoms with E-state index in [1.165, 1.54) is 18.2 Å². The monoisotopic (exact) mass is 399 g/mol. The highest BCUT2D eigenvalue weighted by atomic mass is 35.5. The maximum atomic E-state index is 13.2. The third-order valence-corrected chi connectivity index (χ3v) is 5.50. The molecule has 1 aromatic heterocycles. The summed E-state index contributed by atoms with van der Waals surface area (Å²) in [7, 11) is 0. The molecule has 4 nitrogen and oxygen atoms in total. The van der Waals surface area contributed by atoms with Crippen LogP contribution < -0.4 is 5.32 Å². The Morgan fingerprint density at radius 2 is 1.96 bits per heavy atom. The molecule has 27 heavy (non-hydrogen) atoms. The summed E-state index contributed by atoms with van der Waals surface area (Å²) in [6, 6.07) is 13.3. The quantitative estimate of drug-likeness (QED) is 0.623. The third kappa shape index (κ3) is 3.77. The summed E-state index contributed by atoms with van der Waals surface area (Å²) in [5.41, 5.74) is 3.40. The lowest BCUT2D eigenvalue weighted by atomic mass is 10.2. The van der Waals surface area contributed by atoms with E-state index >= 15 is 0 Å². The van der Waals surface area contributed by atoms with Crippen molar-refractivity contribution in [3.05, 3.63) is 82.3 Å². The lowest BCUT2D eigenvalue weighted by Gasteiger charge is -2.10. The first-order chi connectivity index (χ1) is 13.1. The van der Waals surface area contributed by atoms with Gasteiger partial charge in [-0.25, -0.2) is 9.07 Å². The average Bonchev–Trinajstić information content (AvgIpc) is 3.24. The number of rotatable bonds is 4. The lowest BCUT2D eigenvalue weighted by molar-refractivity contribution is -0.111. The number of carbonyl (C=O) groups excluding carboxylic acids is 1. The van der Waals surface area contributed by atoms with Crippen LogP contribution >= 0.6 is 23.4 Å². The number of carbonyl (C=O) groups is 1. The van der Waals surface area contributed by atoms with Gasteiger partial charge in [0.05, 0.1) is 11.4 Å². The van der Waals surface area contributed by atoms with Gasteiger partial charge in [-0.1, -0.05) is 29.8 Å². The van der Waals surface area contributed by atoms with Gasteiger partial charge in [0.1, 0.15) is 11.6 Å². The molecule has 0 saturated carbocycles. The van der Waals surface area contributed by atoms with Crippen molar-refractivity contribution in [3.63, 3.8) is 0 Å². The zero-order valence-corrected chi connectivity index (χ0v) is 15.7. The molecule has 0 atom stereocenters. The molecule has 1 amide bonds. The van der Waals surface area contributed by atoms with Crippen LogP contribution in [0.25, 0.3) is 11.8 Å². The molecular weight excluding hydrogens is 385 g/mol. The number of nitrogens with zero attached hydrogens (tertiary/aromatic N) is 2. The highest BCUT2D eigenvalue weighted by Crippen LogP contribution is 2.36. The second-order valence-corrected chi connectivity index (χ2v) is 7.39. The molecule has 0 bridgehead atoms. The summed E-state index contributed by atoms with van der Waals surface area (Å²) in [5, 5.41) is 8.09. The SMILES string of the molecule is O=C(/C=C/c1ccccc1Cl)Nc1c2c(nn1-c1ccc(F)cc1)CSC2. The van der Waals surface area contributed by atoms with E-state index in [1.54, 1.807) is 40.7 Å². The van der Waals surface area contributed by atoms with E-state index in [4.69, 9.17) is 11.6 Å². The maximum Gasteiger partial charge on any atom is 0.249 e. The Kier molecular flexibility index (Phi) is 5.01. The van der Waals surface area contributed by atoms with Crippen molar-refractivity contribution >= 4 is 41.2 Å². The summed E-state index contributed by atoms with van der Waals surface area (Å²) in [4.78, 5) is 12.5. The minimum Gasteiger partial charge on any atom is -0.307 e. The number of halogens is 2. The smallest absolute Gasteiger partial charge is 0.249 e. The van der Waals surface area contributed by atoms with E-state index in [1.807, 2.05) is 18.2 Å². The van der Waals surface area contributed by atoms with E-state index in [9.17, 15) is 9.18 Å². The van der Waals surface area contributed by atoms with Crippen molar-refractivity contribution in [3.8, 4) is 5.69 Å². The second kappa shape index (κ2) is 7.58. The van der Waals surface area contributed by atoms with E-state index in [2.05, 4.69) is 10.4 Å². The largest absolute Gasteiger partial charge is 0.307 e. The second-order valence-electron chi connectivity index (χ2n) is 6.00. The topological polar surface area (TPSA) is 46.9 Å². The number of nitrogens with one attached hydrogen (secondary N) is 1. The molecule has 136 valence electrons. The maximum absolute atomic E-state index is 13.2. The van der Waals surface area contributed by atoms with Crippen LogP contribution in [-0.2, 0) is 16.3 Å². The van der Waals surface area contributed by atoms with Crippen LogP contribution in [0.4, 0.5) is 10.2 Å². The van der Waals surface area contributed by atoms with Crippen molar-refractivity contribution in [2.24, 2.45) is 0 Å². The number of amides is 1. The molecule has 1 aliphatic rings. The summed E-state index contributed by atoms with van der Waals surface area (Å²) < 4.78 is 14.9. The minimum atomic E-state index is -0.317. The van der Waals surface area contributed by atoms with Gasteiger partial charge in [0.25, 0.3) is 0 Å². The lowest BCUT2D eigenvalue weighted by Crippen LogP contribution is -2.13. The van der Waals surface area contributed by atoms with Gasteiger partial charge >= 0.3 is 0 Å². The van der Waals surface area contributed by atoms with Gasteiger partial charge in [-0.3, -0.25) is 4.79 Å². The molecule has 0 aliphatic carbocycles. The van der Waals surface area contributed by atoms with Crippen LogP contribution in [-0.4, -0.2) is 15.7 Å². The van der Waals surface area contributed by atoms with Gasteiger partial charge in [0.2, 0.25) is 5.91 Å². The van der Waals surface area contributed by atoms with E-state index in [0.29, 0.717) is 16.5 Å². The van der Waals surface area contributed by atoms with Crippen molar-refractivity contribution in [1.82, 2.24) is 9.78 Å². The van der Waals surface area contributed by atoms with Crippen LogP contribution in [0.3, 0.4) is 0 Å². The van der Waals surface area contributed by atoms with Crippen LogP contribution in [0.5, 0.6) is 0 Å². The number of hydrogen-bond donors (Lipinski definition) is 1. The summed E-state index contributed by atoms with van der Waals surface area (Å²) in [6.07, 6.45) is 3.11. The molecule has 2 heterocycles. The normalized spacial score (nSPS) is 13.1. The summed E-state index contributed by atoms with van der Waals surface area (Å²) >= 11 is 7.86. The zero-order valence-electron chi connectivity index (χ0n) is 14.2. The molecule has 0 radical (unpaired) electrons. The van der Waals surface area contributed by atoms with Gasteiger partial charge < -0.3 is 5.32 Å². The molecule has 0 fully saturated rings. The molecule has 0 spiro atoms. The first-order valence-corrected chi connectivity index (χ1v) is 9.83. The van der Waals surface area contributed by atoms with Gasteiger partial charge in [-0.05, 0) is 42.0 Å². The van der Waals surface area contributed by atoms with Crippen LogP contribution in [0, 0.1) is 5.82 Å². The number of thioether (sulfide) groups is 1. The average molecular weight is 400 g/mol. The zero-order chi connectivity index (χ0) is 18.8. The Morgan fingerprint density at radius 3 is 2.74 bits per heavy atom. The van der Waals surface area contributed by atoms with Gasteiger partial charge in [0, 0.05) is 28.2 Å². The molecule has 3 aromatic rings. The minimum absolute atomic E-state index is 0.280. The van der Waals surface area contributed by atoms with E-state index < -0.39 is 0 Å². The van der Waals surface area contributed by atoms with Crippen molar-refractivity contribution < 1.29 is 9.18 Å². The molecule has 0 saturated heterocycles. The van der Waals surface area contributed by atoms with Crippen molar-refractivity contribution in [2.45, 2.75) is 11.5 Å². The van der Waals surface area contributed by atoms with Crippen molar-refractivity contribution in [2.75, 3.05) is 5.32 Å². The molecule has 0 unspecified atom stereocenters. The Labute approximate surface area is 165 Å². The summed E-state index contributed by atoms with van der Waals surface area (Å²) in [6.45, 7) is 0. The Balaban J connectivity index is 1.62. The fraction of sp³-hybridized carbons (Fsp3) is 0.100. The fourth-order valence-electron chi connectivity index (χ4n) is 2.84. The predicted molar refractivity (Wildman–Crippen MR) is 108 cm³/mol. The van der Waals surface area contributed by atoms with Crippen LogP contribution in [0.2, 0.25) is 5.02 Å². The standard InChI is InChI=1S/C20H15ClFN3OS/c21-17-4-2-1-3-13(17)5-10-19(26)23-20-16-11-27-12-18(16)24-25(20)15-8-6-14(22)7-9-15/h1-10H,11-12H2,(H,23,26)/b10-5+. The Morgan fingerprint density at radius 1 is 1.19 bits per heavy atom. The van der Waals surface area contributed by atoms with Gasteiger partial charge in [-0.2, -0.15) is 16.9 Å². The summed E-state index contributed by atoms with van der Waals surface area (Å²) in [5.74, 6) is 1.60. The molecule has 1 N–H and O–H groups in total. The van der Waals surface area contributed by atoms with Crippen molar-refractivity contribution in [1.29, 1.82) is 0 Å². The number of fused-ring (bicyclic) bond motifs is 1. The first kappa shape index (κ1) is 17.8. The fourth-order valence-corrected chi connectivity index (χ4v) is 4.08. The number of anilines is 1. The number of hydrogen-bond acceptors (Lipinski definition) is 3. The molecule has 2 aromatic carbocycles. The highest BCUT2D eigenvalue weighted by Gasteiger charge is 2.24. The molecule has 1 aliphatic heterocycles. The Hall–Kier alpha value is -2.57. The van der Waals surface area contributed by atoms with Crippen LogP contribution in [0.1, 0.15) is 16.8 Å². The molecule has 7 heteroatoms. The highest BCUT2D eigenvalue weighted by molar-refractivity contribution is 7.98. The van der Waals surface area contributed by atoms with Gasteiger partial charge in [0.15, 0.2) is 0 Å². The Bertz CT molecular complexity index is 1030. The van der Waals surface area contributed by atoms with E-state index in [-0.39, 0.29) is 11.7 Å². The van der Waals surface area contributed by atoms with Crippen LogP contribution in [0.15, 0.2) is 54.6 Å². The van der Waals surface area contributed by atoms with Gasteiger partial charge in [-0.15, -0.1) is 0 Å². The molecular formula is C20H15ClFN3OS.